The van der Waals surface area contributed by atoms with Crippen LogP contribution < -0.4 is 14.8 Å². The third kappa shape index (κ3) is 5.76. The number of ether oxygens (including phenoxy) is 3. The Morgan fingerprint density at radius 2 is 1.86 bits per heavy atom. The van der Waals surface area contributed by atoms with Gasteiger partial charge in [0.15, 0.2) is 29.9 Å². The summed E-state index contributed by atoms with van der Waals surface area (Å²) in [5, 5.41) is 4.73. The average molecular weight is 416 g/mol. The van der Waals surface area contributed by atoms with Gasteiger partial charge in [0.2, 0.25) is 0 Å². The highest BCUT2D eigenvalue weighted by molar-refractivity contribution is 7.14. The molecule has 1 heterocycles. The maximum Gasteiger partial charge on any atom is 0.344 e. The smallest absolute Gasteiger partial charge is 0.344 e. The molecule has 1 amide bonds. The molecule has 0 atom stereocenters. The molecule has 7 nitrogen and oxygen atoms in total. The molecule has 0 spiro atoms. The third-order valence-corrected chi connectivity index (χ3v) is 4.44. The molecule has 0 saturated heterocycles. The molecule has 3 rings (SSSR count). The normalized spacial score (nSPS) is 10.3. The predicted octanol–water partition coefficient (Wildman–Crippen LogP) is 3.52. The topological polar surface area (TPSA) is 86.8 Å². The Kier molecular flexibility index (Phi) is 6.75. The second kappa shape index (κ2) is 9.65. The van der Waals surface area contributed by atoms with Crippen LogP contribution in [0.5, 0.6) is 11.5 Å². The number of hydrogen-bond donors (Lipinski definition) is 1. The van der Waals surface area contributed by atoms with Crippen molar-refractivity contribution in [2.24, 2.45) is 0 Å². The van der Waals surface area contributed by atoms with Crippen molar-refractivity contribution in [1.82, 2.24) is 4.98 Å². The molecule has 0 aliphatic rings. The maximum absolute atomic E-state index is 13.4. The number of nitrogens with zero attached hydrogens (tertiary/aromatic N) is 1. The van der Waals surface area contributed by atoms with Crippen molar-refractivity contribution in [3.63, 3.8) is 0 Å². The molecule has 3 aromatic rings. The van der Waals surface area contributed by atoms with Gasteiger partial charge < -0.3 is 14.2 Å². The summed E-state index contributed by atoms with van der Waals surface area (Å²) in [6.45, 7) is -1.01. The van der Waals surface area contributed by atoms with Gasteiger partial charge in [-0.2, -0.15) is 0 Å². The third-order valence-electron chi connectivity index (χ3n) is 3.68. The molecule has 0 fully saturated rings. The lowest BCUT2D eigenvalue weighted by atomic mass is 10.2. The van der Waals surface area contributed by atoms with Crippen molar-refractivity contribution in [3.8, 4) is 22.8 Å². The number of benzene rings is 2. The van der Waals surface area contributed by atoms with E-state index in [1.165, 1.54) is 29.5 Å². The number of amides is 1. The number of carbonyl (C=O) groups is 2. The molecule has 0 bridgehead atoms. The zero-order valence-electron chi connectivity index (χ0n) is 15.4. The lowest BCUT2D eigenvalue weighted by molar-refractivity contribution is -0.149. The quantitative estimate of drug-likeness (QED) is 0.566. The number of halogens is 1. The molecule has 0 aliphatic heterocycles. The fourth-order valence-corrected chi connectivity index (χ4v) is 3.00. The Balaban J connectivity index is 1.45. The molecular weight excluding hydrogens is 399 g/mol. The van der Waals surface area contributed by atoms with Gasteiger partial charge in [-0.1, -0.05) is 12.1 Å². The molecule has 0 radical (unpaired) electrons. The van der Waals surface area contributed by atoms with Crippen molar-refractivity contribution in [2.75, 3.05) is 25.6 Å². The summed E-state index contributed by atoms with van der Waals surface area (Å²) in [5.41, 5.74) is 1.57. The van der Waals surface area contributed by atoms with Crippen LogP contribution in [0.1, 0.15) is 0 Å². The minimum absolute atomic E-state index is 0.0669. The fourth-order valence-electron chi connectivity index (χ4n) is 2.27. The first-order valence-electron chi connectivity index (χ1n) is 8.48. The second-order valence-corrected chi connectivity index (χ2v) is 6.55. The van der Waals surface area contributed by atoms with E-state index in [0.29, 0.717) is 10.8 Å². The molecule has 1 aromatic heterocycles. The summed E-state index contributed by atoms with van der Waals surface area (Å²) in [6, 6.07) is 13.0. The van der Waals surface area contributed by atoms with Gasteiger partial charge in [0, 0.05) is 10.9 Å². The number of para-hydroxylation sites is 1. The number of aromatic nitrogens is 1. The first-order chi connectivity index (χ1) is 14.0. The molecule has 9 heteroatoms. The van der Waals surface area contributed by atoms with Gasteiger partial charge in [0.1, 0.15) is 5.75 Å². The number of hydrogen-bond acceptors (Lipinski definition) is 7. The zero-order valence-corrected chi connectivity index (χ0v) is 16.2. The first-order valence-corrected chi connectivity index (χ1v) is 9.36. The number of anilines is 1. The molecular formula is C20H17FN2O5S. The van der Waals surface area contributed by atoms with Gasteiger partial charge in [-0.05, 0) is 36.4 Å². The lowest BCUT2D eigenvalue weighted by Gasteiger charge is -2.07. The Morgan fingerprint density at radius 3 is 2.59 bits per heavy atom. The van der Waals surface area contributed by atoms with Crippen LogP contribution in [0.4, 0.5) is 9.52 Å². The van der Waals surface area contributed by atoms with E-state index in [0.717, 1.165) is 11.3 Å². The van der Waals surface area contributed by atoms with Crippen molar-refractivity contribution in [2.45, 2.75) is 0 Å². The predicted molar refractivity (Wildman–Crippen MR) is 106 cm³/mol. The van der Waals surface area contributed by atoms with Crippen LogP contribution in [0.2, 0.25) is 0 Å². The minimum atomic E-state index is -0.790. The van der Waals surface area contributed by atoms with Gasteiger partial charge in [0.25, 0.3) is 5.91 Å². The molecule has 1 N–H and O–H groups in total. The van der Waals surface area contributed by atoms with Gasteiger partial charge in [-0.15, -0.1) is 11.3 Å². The molecule has 0 unspecified atom stereocenters. The van der Waals surface area contributed by atoms with Gasteiger partial charge >= 0.3 is 5.97 Å². The molecule has 0 saturated carbocycles. The van der Waals surface area contributed by atoms with Gasteiger partial charge in [-0.25, -0.2) is 14.2 Å². The molecule has 150 valence electrons. The summed E-state index contributed by atoms with van der Waals surface area (Å²) >= 11 is 1.24. The number of methoxy groups -OCH3 is 1. The Bertz CT molecular complexity index is 991. The highest BCUT2D eigenvalue weighted by Gasteiger charge is 2.12. The van der Waals surface area contributed by atoms with Gasteiger partial charge in [-0.3, -0.25) is 10.1 Å². The highest BCUT2D eigenvalue weighted by atomic mass is 32.1. The summed E-state index contributed by atoms with van der Waals surface area (Å²) < 4.78 is 28.4. The van der Waals surface area contributed by atoms with Crippen molar-refractivity contribution in [3.05, 3.63) is 59.7 Å². The summed E-state index contributed by atoms with van der Waals surface area (Å²) in [5.74, 6) is -1.25. The van der Waals surface area contributed by atoms with Crippen LogP contribution in [0.25, 0.3) is 11.3 Å². The van der Waals surface area contributed by atoms with Crippen LogP contribution in [0.3, 0.4) is 0 Å². The minimum Gasteiger partial charge on any atom is -0.497 e. The van der Waals surface area contributed by atoms with Crippen LogP contribution in [-0.4, -0.2) is 37.2 Å². The average Bonchev–Trinajstić information content (AvgIpc) is 3.20. The molecule has 2 aromatic carbocycles. The number of carbonyl (C=O) groups excluding carboxylic acids is 2. The van der Waals surface area contributed by atoms with E-state index >= 15 is 0 Å². The SMILES string of the molecule is COc1ccc(-c2csc(NC(=O)COC(=O)COc3ccccc3F)n2)cc1. The van der Waals surface area contributed by atoms with E-state index in [-0.39, 0.29) is 5.75 Å². The monoisotopic (exact) mass is 416 g/mol. The van der Waals surface area contributed by atoms with Crippen LogP contribution in [0, 0.1) is 5.82 Å². The first kappa shape index (κ1) is 20.3. The van der Waals surface area contributed by atoms with Crippen molar-refractivity contribution in [1.29, 1.82) is 0 Å². The van der Waals surface area contributed by atoms with Crippen LogP contribution >= 0.6 is 11.3 Å². The summed E-state index contributed by atoms with van der Waals surface area (Å²) in [4.78, 5) is 27.9. The van der Waals surface area contributed by atoms with E-state index in [9.17, 15) is 14.0 Å². The van der Waals surface area contributed by atoms with Crippen LogP contribution in [0.15, 0.2) is 53.9 Å². The van der Waals surface area contributed by atoms with E-state index in [2.05, 4.69) is 10.3 Å². The maximum atomic E-state index is 13.4. The molecule has 0 aliphatic carbocycles. The Hall–Kier alpha value is -3.46. The van der Waals surface area contributed by atoms with Crippen LogP contribution in [-0.2, 0) is 14.3 Å². The summed E-state index contributed by atoms with van der Waals surface area (Å²) in [7, 11) is 1.59. The molecule has 29 heavy (non-hydrogen) atoms. The van der Waals surface area contributed by atoms with E-state index in [1.54, 1.807) is 18.6 Å². The largest absolute Gasteiger partial charge is 0.497 e. The zero-order chi connectivity index (χ0) is 20.6. The number of esters is 1. The lowest BCUT2D eigenvalue weighted by Crippen LogP contribution is -2.23. The second-order valence-electron chi connectivity index (χ2n) is 5.69. The number of rotatable bonds is 8. The van der Waals surface area contributed by atoms with Gasteiger partial charge in [0.05, 0.1) is 12.8 Å². The standard InChI is InChI=1S/C20H17FN2O5S/c1-26-14-8-6-13(7-9-14)16-12-29-20(22-16)23-18(24)10-28-19(25)11-27-17-5-3-2-4-15(17)21/h2-9,12H,10-11H2,1H3,(H,22,23,24). The van der Waals surface area contributed by atoms with E-state index < -0.39 is 30.9 Å². The summed E-state index contributed by atoms with van der Waals surface area (Å²) in [6.07, 6.45) is 0. The van der Waals surface area contributed by atoms with E-state index in [4.69, 9.17) is 14.2 Å². The van der Waals surface area contributed by atoms with Crippen molar-refractivity contribution < 1.29 is 28.2 Å². The number of nitrogens with one attached hydrogen (secondary N) is 1. The Morgan fingerprint density at radius 1 is 1.10 bits per heavy atom. The highest BCUT2D eigenvalue weighted by Crippen LogP contribution is 2.26. The Labute approximate surface area is 170 Å². The van der Waals surface area contributed by atoms with Crippen molar-refractivity contribution >= 4 is 28.3 Å². The fraction of sp³-hybridized carbons (Fsp3) is 0.150. The number of thiazole rings is 1. The van der Waals surface area contributed by atoms with E-state index in [1.807, 2.05) is 24.3 Å².